The minimum Gasteiger partial charge on any atom is -0.490 e. The van der Waals surface area contributed by atoms with E-state index >= 15 is 0 Å². The van der Waals surface area contributed by atoms with Crippen molar-refractivity contribution in [3.8, 4) is 11.5 Å². The van der Waals surface area contributed by atoms with Gasteiger partial charge >= 0.3 is 17.9 Å². The van der Waals surface area contributed by atoms with Gasteiger partial charge in [0.25, 0.3) is 0 Å². The Kier molecular flexibility index (Phi) is 12.4. The van der Waals surface area contributed by atoms with Gasteiger partial charge in [-0.25, -0.2) is 4.79 Å². The molecule has 0 saturated heterocycles. The van der Waals surface area contributed by atoms with Crippen LogP contribution in [0, 0.1) is 0 Å². The van der Waals surface area contributed by atoms with Crippen LogP contribution in [-0.4, -0.2) is 31.7 Å². The summed E-state index contributed by atoms with van der Waals surface area (Å²) in [6, 6.07) is 3.14. The molecule has 1 aromatic rings. The van der Waals surface area contributed by atoms with Crippen LogP contribution in [0.2, 0.25) is 6.04 Å². The normalized spacial score (nSPS) is 11.5. The molecule has 0 aliphatic rings. The van der Waals surface area contributed by atoms with Crippen LogP contribution in [0.4, 0.5) is 0 Å². The average Bonchev–Trinajstić information content (AvgIpc) is 2.66. The van der Waals surface area contributed by atoms with Crippen molar-refractivity contribution in [2.45, 2.75) is 51.5 Å². The molecule has 0 aliphatic carbocycles. The van der Waals surface area contributed by atoms with E-state index in [-0.39, 0.29) is 12.4 Å². The SMILES string of the molecule is CCCCOc1ccc(/C=C/C(=O)OC)cc1OC(=O)CCCCC[Si](Cl)(Cl)Cl. The molecule has 0 amide bonds. The third kappa shape index (κ3) is 12.2. The second-order valence-electron chi connectivity index (χ2n) is 6.41. The minimum absolute atomic E-state index is 0.262. The van der Waals surface area contributed by atoms with Crippen LogP contribution < -0.4 is 9.47 Å². The maximum Gasteiger partial charge on any atom is 0.341 e. The van der Waals surface area contributed by atoms with Gasteiger partial charge in [-0.15, -0.1) is 33.2 Å². The van der Waals surface area contributed by atoms with E-state index in [0.717, 1.165) is 25.7 Å². The first-order valence-corrected chi connectivity index (χ1v) is 14.8. The topological polar surface area (TPSA) is 61.8 Å². The monoisotopic (exact) mass is 480 g/mol. The number of benzene rings is 1. The minimum atomic E-state index is -2.60. The van der Waals surface area contributed by atoms with E-state index in [0.29, 0.717) is 36.1 Å². The maximum atomic E-state index is 12.2. The molecule has 0 unspecified atom stereocenters. The highest BCUT2D eigenvalue weighted by Crippen LogP contribution is 2.30. The van der Waals surface area contributed by atoms with Gasteiger partial charge in [-0.3, -0.25) is 4.79 Å². The zero-order valence-corrected chi connectivity index (χ0v) is 20.0. The molecule has 1 aromatic carbocycles. The highest BCUT2D eigenvalue weighted by Gasteiger charge is 2.23. The molecule has 0 aromatic heterocycles. The highest BCUT2D eigenvalue weighted by molar-refractivity contribution is 7.64. The lowest BCUT2D eigenvalue weighted by Crippen LogP contribution is -2.10. The van der Waals surface area contributed by atoms with Crippen molar-refractivity contribution in [2.24, 2.45) is 0 Å². The van der Waals surface area contributed by atoms with Gasteiger partial charge < -0.3 is 14.2 Å². The fourth-order valence-corrected chi connectivity index (χ4v) is 4.18. The fraction of sp³-hybridized carbons (Fsp3) is 0.500. The van der Waals surface area contributed by atoms with Crippen molar-refractivity contribution >= 4 is 57.3 Å². The Labute approximate surface area is 187 Å². The van der Waals surface area contributed by atoms with E-state index in [1.54, 1.807) is 24.3 Å². The molecule has 0 saturated carbocycles. The molecular weight excluding hydrogens is 455 g/mol. The Morgan fingerprint density at radius 1 is 1.07 bits per heavy atom. The Balaban J connectivity index is 2.71. The van der Waals surface area contributed by atoms with Crippen LogP contribution in [-0.2, 0) is 14.3 Å². The Bertz CT molecular complexity index is 689. The summed E-state index contributed by atoms with van der Waals surface area (Å²) >= 11 is 17.6. The van der Waals surface area contributed by atoms with Crippen LogP contribution in [0.25, 0.3) is 6.08 Å². The van der Waals surface area contributed by atoms with E-state index < -0.39 is 12.0 Å². The van der Waals surface area contributed by atoms with Gasteiger partial charge in [-0.1, -0.05) is 32.3 Å². The van der Waals surface area contributed by atoms with Crippen molar-refractivity contribution in [3.63, 3.8) is 0 Å². The van der Waals surface area contributed by atoms with E-state index in [9.17, 15) is 9.59 Å². The van der Waals surface area contributed by atoms with Gasteiger partial charge in [-0.2, -0.15) is 0 Å². The lowest BCUT2D eigenvalue weighted by Gasteiger charge is -2.12. The Morgan fingerprint density at radius 3 is 2.48 bits per heavy atom. The standard InChI is InChI=1S/C20H27Cl3O5Si/c1-3-4-13-27-17-11-9-16(10-12-19(24)26-2)15-18(17)28-20(25)8-6-5-7-14-29(21,22)23/h9-12,15H,3-8,13-14H2,1-2H3/b12-10+. The van der Waals surface area contributed by atoms with Gasteiger partial charge in [0, 0.05) is 12.5 Å². The van der Waals surface area contributed by atoms with Crippen LogP contribution in [0.1, 0.15) is 51.0 Å². The summed E-state index contributed by atoms with van der Waals surface area (Å²) in [6.07, 6.45) is 7.25. The van der Waals surface area contributed by atoms with Crippen LogP contribution >= 0.6 is 33.2 Å². The predicted molar refractivity (Wildman–Crippen MR) is 120 cm³/mol. The van der Waals surface area contributed by atoms with Crippen molar-refractivity contribution < 1.29 is 23.8 Å². The number of carbonyl (C=O) groups is 2. The number of hydrogen-bond acceptors (Lipinski definition) is 5. The lowest BCUT2D eigenvalue weighted by molar-refractivity contribution is -0.135. The van der Waals surface area contributed by atoms with Crippen molar-refractivity contribution in [1.82, 2.24) is 0 Å². The van der Waals surface area contributed by atoms with Crippen molar-refractivity contribution in [3.05, 3.63) is 29.8 Å². The molecular formula is C20H27Cl3O5Si. The number of unbranched alkanes of at least 4 members (excludes halogenated alkanes) is 3. The second-order valence-corrected chi connectivity index (χ2v) is 15.7. The molecule has 0 fully saturated rings. The molecule has 0 atom stereocenters. The van der Waals surface area contributed by atoms with Gasteiger partial charge in [-0.05, 0) is 42.7 Å². The molecule has 0 N–H and O–H groups in total. The molecule has 9 heteroatoms. The van der Waals surface area contributed by atoms with Crippen molar-refractivity contribution in [1.29, 1.82) is 0 Å². The Morgan fingerprint density at radius 2 is 1.83 bits per heavy atom. The van der Waals surface area contributed by atoms with E-state index in [1.807, 2.05) is 0 Å². The summed E-state index contributed by atoms with van der Waals surface area (Å²) in [7, 11) is 1.31. The molecule has 0 bridgehead atoms. The summed E-state index contributed by atoms with van der Waals surface area (Å²) in [5.41, 5.74) is 0.689. The summed E-state index contributed by atoms with van der Waals surface area (Å²) < 4.78 is 15.8. The fourth-order valence-electron chi connectivity index (χ4n) is 2.33. The molecule has 0 radical (unpaired) electrons. The van der Waals surface area contributed by atoms with E-state index in [4.69, 9.17) is 42.7 Å². The summed E-state index contributed by atoms with van der Waals surface area (Å²) in [4.78, 5) is 23.5. The van der Waals surface area contributed by atoms with Gasteiger partial charge in [0.1, 0.15) is 0 Å². The quantitative estimate of drug-likeness (QED) is 0.0841. The largest absolute Gasteiger partial charge is 0.490 e. The highest BCUT2D eigenvalue weighted by atomic mass is 35.8. The molecule has 162 valence electrons. The van der Waals surface area contributed by atoms with Crippen LogP contribution in [0.15, 0.2) is 24.3 Å². The zero-order valence-electron chi connectivity index (χ0n) is 16.7. The third-order valence-electron chi connectivity index (χ3n) is 3.90. The van der Waals surface area contributed by atoms with E-state index in [1.165, 1.54) is 13.2 Å². The molecule has 0 aliphatic heterocycles. The van der Waals surface area contributed by atoms with E-state index in [2.05, 4.69) is 11.7 Å². The Hall–Kier alpha value is -1.21. The number of halogens is 3. The van der Waals surface area contributed by atoms with Gasteiger partial charge in [0.05, 0.1) is 13.7 Å². The summed E-state index contributed by atoms with van der Waals surface area (Å²) in [6.45, 7) is 2.59. The zero-order chi connectivity index (χ0) is 21.7. The van der Waals surface area contributed by atoms with Crippen LogP contribution in [0.3, 0.4) is 0 Å². The van der Waals surface area contributed by atoms with Crippen molar-refractivity contribution in [2.75, 3.05) is 13.7 Å². The molecule has 0 heterocycles. The first-order chi connectivity index (χ1) is 13.7. The lowest BCUT2D eigenvalue weighted by atomic mass is 10.2. The van der Waals surface area contributed by atoms with Gasteiger partial charge in [0.15, 0.2) is 11.5 Å². The molecule has 1 rings (SSSR count). The number of carbonyl (C=O) groups excluding carboxylic acids is 2. The summed E-state index contributed by atoms with van der Waals surface area (Å²) in [5, 5.41) is 0. The summed E-state index contributed by atoms with van der Waals surface area (Å²) in [5.74, 6) is -0.00802. The number of hydrogen-bond donors (Lipinski definition) is 0. The maximum absolute atomic E-state index is 12.2. The van der Waals surface area contributed by atoms with Crippen LogP contribution in [0.5, 0.6) is 11.5 Å². The molecule has 29 heavy (non-hydrogen) atoms. The average molecular weight is 482 g/mol. The van der Waals surface area contributed by atoms with Gasteiger partial charge in [0.2, 0.25) is 0 Å². The molecule has 5 nitrogen and oxygen atoms in total. The number of esters is 2. The smallest absolute Gasteiger partial charge is 0.341 e. The molecule has 0 spiro atoms. The predicted octanol–water partition coefficient (Wildman–Crippen LogP) is 6.17. The first kappa shape index (κ1) is 25.8. The second kappa shape index (κ2) is 13.9. The number of rotatable bonds is 13. The third-order valence-corrected chi connectivity index (χ3v) is 6.52. The number of ether oxygens (including phenoxy) is 3. The first-order valence-electron chi connectivity index (χ1n) is 9.55. The number of methoxy groups -OCH3 is 1.